The molecule has 2 nitrogen and oxygen atoms in total. The molecule has 78 valence electrons. The van der Waals surface area contributed by atoms with Crippen molar-refractivity contribution >= 4 is 17.3 Å². The quantitative estimate of drug-likeness (QED) is 0.779. The molecule has 0 aliphatic heterocycles. The van der Waals surface area contributed by atoms with Crippen LogP contribution in [0.3, 0.4) is 0 Å². The average molecular weight is 214 g/mol. The highest BCUT2D eigenvalue weighted by molar-refractivity contribution is 6.33. The van der Waals surface area contributed by atoms with Crippen LogP contribution < -0.4 is 10.5 Å². The lowest BCUT2D eigenvalue weighted by molar-refractivity contribution is 0.256. The molecule has 0 spiro atoms. The first-order valence-corrected chi connectivity index (χ1v) is 5.19. The van der Waals surface area contributed by atoms with E-state index in [1.165, 1.54) is 0 Å². The molecule has 14 heavy (non-hydrogen) atoms. The molecule has 1 aromatic rings. The first-order valence-electron chi connectivity index (χ1n) is 4.81. The van der Waals surface area contributed by atoms with E-state index in [2.05, 4.69) is 13.8 Å². The third-order valence-corrected chi connectivity index (χ3v) is 2.53. The molecular formula is C11H16ClNO. The van der Waals surface area contributed by atoms with Crippen molar-refractivity contribution in [2.24, 2.45) is 5.92 Å². The van der Waals surface area contributed by atoms with Crippen LogP contribution in [0.4, 0.5) is 5.69 Å². The number of nitrogens with two attached hydrogens (primary N) is 1. The second kappa shape index (κ2) is 5.11. The second-order valence-corrected chi connectivity index (χ2v) is 3.91. The molecular weight excluding hydrogens is 198 g/mol. The molecule has 0 heterocycles. The summed E-state index contributed by atoms with van der Waals surface area (Å²) in [6, 6.07) is 5.34. The fourth-order valence-corrected chi connectivity index (χ4v) is 1.12. The molecule has 1 unspecified atom stereocenters. The molecule has 0 fully saturated rings. The van der Waals surface area contributed by atoms with Crippen molar-refractivity contribution in [2.75, 3.05) is 12.3 Å². The highest BCUT2D eigenvalue weighted by Crippen LogP contribution is 2.24. The van der Waals surface area contributed by atoms with E-state index in [1.54, 1.807) is 12.1 Å². The number of ether oxygens (including phenoxy) is 1. The summed E-state index contributed by atoms with van der Waals surface area (Å²) in [5.74, 6) is 1.34. The van der Waals surface area contributed by atoms with Crippen LogP contribution in [0, 0.1) is 5.92 Å². The summed E-state index contributed by atoms with van der Waals surface area (Å²) >= 11 is 5.86. The largest absolute Gasteiger partial charge is 0.493 e. The Balaban J connectivity index is 2.55. The average Bonchev–Trinajstić information content (AvgIpc) is 2.19. The molecule has 0 saturated carbocycles. The summed E-state index contributed by atoms with van der Waals surface area (Å²) in [5.41, 5.74) is 6.17. The Hall–Kier alpha value is -0.890. The first-order chi connectivity index (χ1) is 6.63. The predicted octanol–water partition coefficient (Wildman–Crippen LogP) is 3.35. The Labute approximate surface area is 90.0 Å². The van der Waals surface area contributed by atoms with Crippen molar-refractivity contribution in [2.45, 2.75) is 20.3 Å². The van der Waals surface area contributed by atoms with Gasteiger partial charge in [0, 0.05) is 6.07 Å². The third kappa shape index (κ3) is 3.11. The number of benzene rings is 1. The van der Waals surface area contributed by atoms with E-state index in [0.717, 1.165) is 18.8 Å². The SMILES string of the molecule is CCC(C)COc1ccc(N)c(Cl)c1. The summed E-state index contributed by atoms with van der Waals surface area (Å²) < 4.78 is 5.55. The molecule has 3 heteroatoms. The fraction of sp³-hybridized carbons (Fsp3) is 0.455. The van der Waals surface area contributed by atoms with Crippen LogP contribution >= 0.6 is 11.6 Å². The minimum atomic E-state index is 0.548. The van der Waals surface area contributed by atoms with Crippen molar-refractivity contribution in [3.8, 4) is 5.75 Å². The number of nitrogen functional groups attached to an aromatic ring is 1. The Morgan fingerprint density at radius 1 is 1.50 bits per heavy atom. The smallest absolute Gasteiger partial charge is 0.120 e. The van der Waals surface area contributed by atoms with Gasteiger partial charge in [0.05, 0.1) is 17.3 Å². The minimum Gasteiger partial charge on any atom is -0.493 e. The summed E-state index contributed by atoms with van der Waals surface area (Å²) in [6.45, 7) is 5.01. The second-order valence-electron chi connectivity index (χ2n) is 3.51. The van der Waals surface area contributed by atoms with Crippen molar-refractivity contribution < 1.29 is 4.74 Å². The fourth-order valence-electron chi connectivity index (χ4n) is 0.954. The molecule has 2 N–H and O–H groups in total. The summed E-state index contributed by atoms with van der Waals surface area (Å²) in [6.07, 6.45) is 1.11. The van der Waals surface area contributed by atoms with E-state index in [-0.39, 0.29) is 0 Å². The van der Waals surface area contributed by atoms with Crippen LogP contribution in [0.2, 0.25) is 5.02 Å². The van der Waals surface area contributed by atoms with Gasteiger partial charge in [0.1, 0.15) is 5.75 Å². The normalized spacial score (nSPS) is 12.5. The lowest BCUT2D eigenvalue weighted by atomic mass is 10.1. The monoisotopic (exact) mass is 213 g/mol. The first kappa shape index (κ1) is 11.2. The summed E-state index contributed by atoms with van der Waals surface area (Å²) in [7, 11) is 0. The number of halogens is 1. The molecule has 0 aliphatic carbocycles. The predicted molar refractivity (Wildman–Crippen MR) is 60.8 cm³/mol. The van der Waals surface area contributed by atoms with Gasteiger partial charge in [-0.15, -0.1) is 0 Å². The molecule has 0 aromatic heterocycles. The highest BCUT2D eigenvalue weighted by atomic mass is 35.5. The van der Waals surface area contributed by atoms with E-state index >= 15 is 0 Å². The van der Waals surface area contributed by atoms with Crippen molar-refractivity contribution in [1.29, 1.82) is 0 Å². The van der Waals surface area contributed by atoms with Crippen LogP contribution in [0.5, 0.6) is 5.75 Å². The summed E-state index contributed by atoms with van der Waals surface area (Å²) in [4.78, 5) is 0. The van der Waals surface area contributed by atoms with Crippen LogP contribution in [-0.2, 0) is 0 Å². The topological polar surface area (TPSA) is 35.2 Å². The van der Waals surface area contributed by atoms with Gasteiger partial charge in [-0.25, -0.2) is 0 Å². The van der Waals surface area contributed by atoms with Gasteiger partial charge in [0.25, 0.3) is 0 Å². The maximum absolute atomic E-state index is 5.86. The number of anilines is 1. The van der Waals surface area contributed by atoms with E-state index in [4.69, 9.17) is 22.1 Å². The Morgan fingerprint density at radius 3 is 2.79 bits per heavy atom. The minimum absolute atomic E-state index is 0.548. The van der Waals surface area contributed by atoms with Crippen molar-refractivity contribution in [3.05, 3.63) is 23.2 Å². The maximum Gasteiger partial charge on any atom is 0.120 e. The van der Waals surface area contributed by atoms with Gasteiger partial charge in [-0.1, -0.05) is 31.9 Å². The lowest BCUT2D eigenvalue weighted by Crippen LogP contribution is -2.07. The van der Waals surface area contributed by atoms with E-state index < -0.39 is 0 Å². The number of rotatable bonds is 4. The van der Waals surface area contributed by atoms with Gasteiger partial charge in [0.15, 0.2) is 0 Å². The third-order valence-electron chi connectivity index (χ3n) is 2.20. The molecule has 1 atom stereocenters. The lowest BCUT2D eigenvalue weighted by Gasteiger charge is -2.11. The zero-order valence-electron chi connectivity index (χ0n) is 8.59. The Kier molecular flexibility index (Phi) is 4.08. The maximum atomic E-state index is 5.86. The van der Waals surface area contributed by atoms with Crippen LogP contribution in [0.15, 0.2) is 18.2 Å². The standard InChI is InChI=1S/C11H16ClNO/c1-3-8(2)7-14-9-4-5-11(13)10(12)6-9/h4-6,8H,3,7,13H2,1-2H3. The van der Waals surface area contributed by atoms with Crippen molar-refractivity contribution in [1.82, 2.24) is 0 Å². The summed E-state index contributed by atoms with van der Waals surface area (Å²) in [5, 5.41) is 0.548. The number of hydrogen-bond acceptors (Lipinski definition) is 2. The van der Waals surface area contributed by atoms with Crippen LogP contribution in [-0.4, -0.2) is 6.61 Å². The molecule has 1 rings (SSSR count). The van der Waals surface area contributed by atoms with E-state index in [0.29, 0.717) is 16.6 Å². The molecule has 0 bridgehead atoms. The van der Waals surface area contributed by atoms with Crippen LogP contribution in [0.1, 0.15) is 20.3 Å². The van der Waals surface area contributed by atoms with Crippen LogP contribution in [0.25, 0.3) is 0 Å². The van der Waals surface area contributed by atoms with Gasteiger partial charge < -0.3 is 10.5 Å². The molecule has 0 amide bonds. The molecule has 1 aromatic carbocycles. The number of hydrogen-bond donors (Lipinski definition) is 1. The van der Waals surface area contributed by atoms with Gasteiger partial charge in [-0.3, -0.25) is 0 Å². The van der Waals surface area contributed by atoms with Gasteiger partial charge in [-0.2, -0.15) is 0 Å². The van der Waals surface area contributed by atoms with Gasteiger partial charge >= 0.3 is 0 Å². The van der Waals surface area contributed by atoms with Gasteiger partial charge in [-0.05, 0) is 18.1 Å². The zero-order valence-corrected chi connectivity index (χ0v) is 9.34. The molecule has 0 aliphatic rings. The highest BCUT2D eigenvalue weighted by Gasteiger charge is 2.02. The van der Waals surface area contributed by atoms with Gasteiger partial charge in [0.2, 0.25) is 0 Å². The Bertz CT molecular complexity index is 301. The van der Waals surface area contributed by atoms with Crippen molar-refractivity contribution in [3.63, 3.8) is 0 Å². The molecule has 0 saturated heterocycles. The molecule has 0 radical (unpaired) electrons. The Morgan fingerprint density at radius 2 is 2.21 bits per heavy atom. The zero-order chi connectivity index (χ0) is 10.6. The van der Waals surface area contributed by atoms with E-state index in [9.17, 15) is 0 Å². The van der Waals surface area contributed by atoms with E-state index in [1.807, 2.05) is 6.07 Å².